The van der Waals surface area contributed by atoms with Crippen LogP contribution >= 0.6 is 0 Å². The first kappa shape index (κ1) is 21.7. The molecule has 0 N–H and O–H groups in total. The van der Waals surface area contributed by atoms with Gasteiger partial charge in [-0.2, -0.15) is 0 Å². The summed E-state index contributed by atoms with van der Waals surface area (Å²) in [5, 5.41) is 2.66. The minimum Gasteiger partial charge on any atom is -0.367 e. The van der Waals surface area contributed by atoms with Gasteiger partial charge in [-0.1, -0.05) is 105 Å². The molecule has 1 atom stereocenters. The molecule has 2 heteroatoms. The highest BCUT2D eigenvalue weighted by molar-refractivity contribution is 6.12. The second kappa shape index (κ2) is 8.16. The van der Waals surface area contributed by atoms with Crippen molar-refractivity contribution in [3.63, 3.8) is 0 Å². The quantitative estimate of drug-likeness (QED) is 0.264. The molecule has 174 valence electrons. The van der Waals surface area contributed by atoms with E-state index >= 15 is 0 Å². The smallest absolute Gasteiger partial charge is 0.0570 e. The number of aryl methyl sites for hydroxylation is 1. The lowest BCUT2D eigenvalue weighted by molar-refractivity contribution is 0.489. The molecule has 0 bridgehead atoms. The van der Waals surface area contributed by atoms with E-state index in [1.807, 2.05) is 0 Å². The van der Waals surface area contributed by atoms with E-state index in [1.165, 1.54) is 49.7 Å². The fraction of sp³-hybridized carbons (Fsp3) is 0.212. The van der Waals surface area contributed by atoms with E-state index in [9.17, 15) is 0 Å². The molecule has 0 aliphatic carbocycles. The third kappa shape index (κ3) is 3.31. The largest absolute Gasteiger partial charge is 0.367 e. The van der Waals surface area contributed by atoms with Crippen LogP contribution in [0.1, 0.15) is 31.9 Å². The summed E-state index contributed by atoms with van der Waals surface area (Å²) in [7, 11) is 2.21. The van der Waals surface area contributed by atoms with Crippen LogP contribution in [0.15, 0.2) is 97.1 Å². The van der Waals surface area contributed by atoms with Gasteiger partial charge in [0.1, 0.15) is 0 Å². The first-order valence-corrected chi connectivity index (χ1v) is 12.6. The summed E-state index contributed by atoms with van der Waals surface area (Å²) in [6.45, 7) is 7.88. The van der Waals surface area contributed by atoms with Crippen LogP contribution in [0.5, 0.6) is 0 Å². The molecule has 1 aromatic heterocycles. The molecule has 5 aromatic rings. The number of hydrogen-bond acceptors (Lipinski definition) is 1. The monoisotopic (exact) mass is 456 g/mol. The summed E-state index contributed by atoms with van der Waals surface area (Å²) in [6.07, 6.45) is 4.65. The standard InChI is InChI=1S/C33H32N2/c1-5-35-29-15-8-6-11-26(29)27-13-10-12-25(32(27)35)24-20-17-23(18-21-24)19-22-31-33(2,3)28-14-7-9-16-30(28)34(31)4/h6-22,31H,5H2,1-4H3. The minimum atomic E-state index is 0.0744. The zero-order valence-electron chi connectivity index (χ0n) is 21.0. The van der Waals surface area contributed by atoms with Gasteiger partial charge in [0.15, 0.2) is 0 Å². The molecular weight excluding hydrogens is 424 g/mol. The van der Waals surface area contributed by atoms with E-state index in [1.54, 1.807) is 0 Å². The first-order valence-electron chi connectivity index (χ1n) is 12.6. The number of fused-ring (bicyclic) bond motifs is 4. The highest BCUT2D eigenvalue weighted by Crippen LogP contribution is 2.44. The van der Waals surface area contributed by atoms with Gasteiger partial charge in [-0.05, 0) is 35.7 Å². The fourth-order valence-electron chi connectivity index (χ4n) is 6.14. The van der Waals surface area contributed by atoms with Crippen molar-refractivity contribution in [2.45, 2.75) is 38.8 Å². The Morgan fingerprint density at radius 3 is 2.29 bits per heavy atom. The van der Waals surface area contributed by atoms with Crippen LogP contribution in [0.25, 0.3) is 39.0 Å². The summed E-state index contributed by atoms with van der Waals surface area (Å²) in [5.74, 6) is 0. The molecule has 2 heterocycles. The van der Waals surface area contributed by atoms with Crippen molar-refractivity contribution in [2.75, 3.05) is 11.9 Å². The molecule has 0 amide bonds. The summed E-state index contributed by atoms with van der Waals surface area (Å²) >= 11 is 0. The number of anilines is 1. The molecule has 1 unspecified atom stereocenters. The number of aromatic nitrogens is 1. The van der Waals surface area contributed by atoms with Crippen molar-refractivity contribution in [1.29, 1.82) is 0 Å². The lowest BCUT2D eigenvalue weighted by atomic mass is 9.80. The average Bonchev–Trinajstić information content (AvgIpc) is 3.32. The predicted molar refractivity (Wildman–Crippen MR) is 151 cm³/mol. The van der Waals surface area contributed by atoms with Gasteiger partial charge in [-0.15, -0.1) is 0 Å². The van der Waals surface area contributed by atoms with E-state index in [0.29, 0.717) is 6.04 Å². The van der Waals surface area contributed by atoms with Crippen LogP contribution in [-0.2, 0) is 12.0 Å². The van der Waals surface area contributed by atoms with Crippen molar-refractivity contribution >= 4 is 33.6 Å². The van der Waals surface area contributed by atoms with E-state index in [4.69, 9.17) is 0 Å². The van der Waals surface area contributed by atoms with E-state index in [-0.39, 0.29) is 5.41 Å². The Labute approximate surface area is 208 Å². The van der Waals surface area contributed by atoms with Gasteiger partial charge < -0.3 is 9.47 Å². The van der Waals surface area contributed by atoms with Crippen molar-refractivity contribution in [2.24, 2.45) is 0 Å². The summed E-state index contributed by atoms with van der Waals surface area (Å²) < 4.78 is 2.45. The predicted octanol–water partition coefficient (Wildman–Crippen LogP) is 8.29. The number of nitrogens with zero attached hydrogens (tertiary/aromatic N) is 2. The van der Waals surface area contributed by atoms with Gasteiger partial charge >= 0.3 is 0 Å². The Morgan fingerprint density at radius 2 is 1.51 bits per heavy atom. The molecule has 0 saturated carbocycles. The zero-order valence-corrected chi connectivity index (χ0v) is 21.0. The Morgan fingerprint density at radius 1 is 0.800 bits per heavy atom. The summed E-state index contributed by atoms with van der Waals surface area (Å²) in [4.78, 5) is 2.41. The van der Waals surface area contributed by atoms with Crippen LogP contribution in [0, 0.1) is 0 Å². The van der Waals surface area contributed by atoms with Crippen molar-refractivity contribution in [1.82, 2.24) is 4.57 Å². The Bertz CT molecular complexity index is 1570. The summed E-state index contributed by atoms with van der Waals surface area (Å²) in [5.41, 5.74) is 9.25. The normalized spacial score (nSPS) is 17.0. The van der Waals surface area contributed by atoms with Gasteiger partial charge in [0, 0.05) is 46.5 Å². The van der Waals surface area contributed by atoms with Gasteiger partial charge in [0.25, 0.3) is 0 Å². The Balaban J connectivity index is 1.35. The SMILES string of the molecule is CCn1c2ccccc2c2cccc(-c3ccc(C=CC4N(C)c5ccccc5C4(C)C)cc3)c21. The highest BCUT2D eigenvalue weighted by atomic mass is 15.2. The Kier molecular flexibility index (Phi) is 5.07. The van der Waals surface area contributed by atoms with Crippen LogP contribution in [0.4, 0.5) is 5.69 Å². The number of likely N-dealkylation sites (N-methyl/N-ethyl adjacent to an activating group) is 1. The minimum absolute atomic E-state index is 0.0744. The second-order valence-electron chi connectivity index (χ2n) is 10.2. The van der Waals surface area contributed by atoms with Crippen LogP contribution < -0.4 is 4.90 Å². The number of para-hydroxylation sites is 3. The molecule has 2 nitrogen and oxygen atoms in total. The number of benzene rings is 4. The molecule has 1 aliphatic rings. The Hall–Kier alpha value is -3.78. The topological polar surface area (TPSA) is 8.17 Å². The lowest BCUT2D eigenvalue weighted by Crippen LogP contribution is -2.37. The third-order valence-corrected chi connectivity index (χ3v) is 7.93. The molecule has 0 radical (unpaired) electrons. The van der Waals surface area contributed by atoms with Gasteiger partial charge in [0.2, 0.25) is 0 Å². The van der Waals surface area contributed by atoms with Crippen molar-refractivity contribution in [3.8, 4) is 11.1 Å². The second-order valence-corrected chi connectivity index (χ2v) is 10.2. The van der Waals surface area contributed by atoms with E-state index < -0.39 is 0 Å². The molecule has 1 aliphatic heterocycles. The summed E-state index contributed by atoms with van der Waals surface area (Å²) in [6, 6.07) is 33.6. The van der Waals surface area contributed by atoms with Gasteiger partial charge in [-0.3, -0.25) is 0 Å². The van der Waals surface area contributed by atoms with Gasteiger partial charge in [0.05, 0.1) is 11.6 Å². The molecule has 0 spiro atoms. The van der Waals surface area contributed by atoms with Crippen molar-refractivity contribution < 1.29 is 0 Å². The maximum absolute atomic E-state index is 2.45. The zero-order chi connectivity index (χ0) is 24.2. The molecule has 0 fully saturated rings. The molecule has 0 saturated heterocycles. The van der Waals surface area contributed by atoms with Gasteiger partial charge in [-0.25, -0.2) is 0 Å². The average molecular weight is 457 g/mol. The third-order valence-electron chi connectivity index (χ3n) is 7.93. The molecule has 35 heavy (non-hydrogen) atoms. The maximum Gasteiger partial charge on any atom is 0.0570 e. The van der Waals surface area contributed by atoms with Crippen LogP contribution in [0.3, 0.4) is 0 Å². The fourth-order valence-corrected chi connectivity index (χ4v) is 6.14. The highest BCUT2D eigenvalue weighted by Gasteiger charge is 2.41. The van der Waals surface area contributed by atoms with E-state index in [2.05, 4.69) is 140 Å². The number of rotatable bonds is 4. The van der Waals surface area contributed by atoms with E-state index in [0.717, 1.165) is 6.54 Å². The number of hydrogen-bond donors (Lipinski definition) is 0. The van der Waals surface area contributed by atoms with Crippen LogP contribution in [0.2, 0.25) is 0 Å². The maximum atomic E-state index is 2.45. The molecular formula is C33H32N2. The molecule has 6 rings (SSSR count). The van der Waals surface area contributed by atoms with Crippen LogP contribution in [-0.4, -0.2) is 17.7 Å². The van der Waals surface area contributed by atoms with Crippen molar-refractivity contribution in [3.05, 3.63) is 108 Å². The lowest BCUT2D eigenvalue weighted by Gasteiger charge is -2.29. The first-order chi connectivity index (χ1) is 17.0. The molecule has 4 aromatic carbocycles.